The van der Waals surface area contributed by atoms with Gasteiger partial charge in [0.1, 0.15) is 11.5 Å². The number of rotatable bonds is 6. The van der Waals surface area contributed by atoms with E-state index in [0.29, 0.717) is 5.88 Å². The summed E-state index contributed by atoms with van der Waals surface area (Å²) in [4.78, 5) is 0. The summed E-state index contributed by atoms with van der Waals surface area (Å²) in [7, 11) is 1.71. The van der Waals surface area contributed by atoms with Crippen LogP contribution in [0.4, 0.5) is 0 Å². The van der Waals surface area contributed by atoms with E-state index in [1.807, 2.05) is 36.4 Å². The highest BCUT2D eigenvalue weighted by Gasteiger charge is 1.99. The van der Waals surface area contributed by atoms with Crippen LogP contribution in [0.2, 0.25) is 0 Å². The summed E-state index contributed by atoms with van der Waals surface area (Å²) in [6.07, 6.45) is 0.915. The van der Waals surface area contributed by atoms with Gasteiger partial charge in [0.25, 0.3) is 0 Å². The summed E-state index contributed by atoms with van der Waals surface area (Å²) < 4.78 is 10.8. The number of benzene rings is 2. The third-order valence-electron chi connectivity index (χ3n) is 2.81. The fourth-order valence-electron chi connectivity index (χ4n) is 1.77. The van der Waals surface area contributed by atoms with Crippen LogP contribution in [0.1, 0.15) is 11.1 Å². The molecule has 0 atom stereocenters. The van der Waals surface area contributed by atoms with Crippen molar-refractivity contribution < 1.29 is 9.47 Å². The van der Waals surface area contributed by atoms with E-state index in [9.17, 15) is 0 Å². The minimum atomic E-state index is 0.493. The van der Waals surface area contributed by atoms with Gasteiger partial charge in [0, 0.05) is 13.0 Å². The first-order chi connectivity index (χ1) is 9.31. The molecule has 0 spiro atoms. The van der Waals surface area contributed by atoms with Crippen LogP contribution in [-0.4, -0.2) is 13.7 Å². The molecule has 0 N–H and O–H groups in total. The monoisotopic (exact) mass is 276 g/mol. The number of hydrogen-bond donors (Lipinski definition) is 0. The number of hydrogen-bond acceptors (Lipinski definition) is 2. The first-order valence-electron chi connectivity index (χ1n) is 6.22. The Kier molecular flexibility index (Phi) is 5.25. The van der Waals surface area contributed by atoms with Crippen LogP contribution in [0.25, 0.3) is 0 Å². The molecule has 2 aromatic rings. The highest BCUT2D eigenvalue weighted by Crippen LogP contribution is 2.23. The van der Waals surface area contributed by atoms with Crippen LogP contribution in [0.5, 0.6) is 11.5 Å². The quantitative estimate of drug-likeness (QED) is 0.728. The molecule has 0 saturated carbocycles. The first-order valence-corrected chi connectivity index (χ1v) is 6.76. The maximum atomic E-state index is 5.80. The third kappa shape index (κ3) is 4.27. The van der Waals surface area contributed by atoms with Gasteiger partial charge < -0.3 is 9.47 Å². The molecule has 0 radical (unpaired) electrons. The summed E-state index contributed by atoms with van der Waals surface area (Å²) in [6, 6.07) is 15.9. The van der Waals surface area contributed by atoms with Crippen molar-refractivity contribution in [2.24, 2.45) is 0 Å². The normalized spacial score (nSPS) is 10.4. The van der Waals surface area contributed by atoms with Gasteiger partial charge in [0.05, 0.1) is 6.61 Å². The standard InChI is InChI=1S/C16H17ClO2/c1-18-10-9-13-5-7-15(8-6-13)19-16-4-2-3-14(11-16)12-17/h2-8,11H,9-10,12H2,1H3. The molecular weight excluding hydrogens is 260 g/mol. The van der Waals surface area contributed by atoms with Gasteiger partial charge in [-0.1, -0.05) is 24.3 Å². The maximum absolute atomic E-state index is 5.80. The van der Waals surface area contributed by atoms with E-state index in [4.69, 9.17) is 21.1 Å². The molecule has 2 aromatic carbocycles. The summed E-state index contributed by atoms with van der Waals surface area (Å²) in [5.74, 6) is 2.13. The van der Waals surface area contributed by atoms with Crippen molar-refractivity contribution in [1.82, 2.24) is 0 Å². The lowest BCUT2D eigenvalue weighted by Gasteiger charge is -2.07. The van der Waals surface area contributed by atoms with E-state index < -0.39 is 0 Å². The average Bonchev–Trinajstić information content (AvgIpc) is 2.47. The molecule has 0 heterocycles. The van der Waals surface area contributed by atoms with E-state index in [2.05, 4.69) is 12.1 Å². The Labute approximate surface area is 118 Å². The Morgan fingerprint density at radius 2 is 1.74 bits per heavy atom. The fraction of sp³-hybridized carbons (Fsp3) is 0.250. The second-order valence-corrected chi connectivity index (χ2v) is 4.54. The maximum Gasteiger partial charge on any atom is 0.127 e. The SMILES string of the molecule is COCCc1ccc(Oc2cccc(CCl)c2)cc1. The average molecular weight is 277 g/mol. The molecule has 0 bridgehead atoms. The molecular formula is C16H17ClO2. The van der Waals surface area contributed by atoms with Gasteiger partial charge in [0.15, 0.2) is 0 Å². The van der Waals surface area contributed by atoms with Gasteiger partial charge in [0.2, 0.25) is 0 Å². The van der Waals surface area contributed by atoms with Gasteiger partial charge >= 0.3 is 0 Å². The van der Waals surface area contributed by atoms with Crippen molar-refractivity contribution in [3.63, 3.8) is 0 Å². The molecule has 2 nitrogen and oxygen atoms in total. The van der Waals surface area contributed by atoms with Crippen molar-refractivity contribution in [1.29, 1.82) is 0 Å². The lowest BCUT2D eigenvalue weighted by Crippen LogP contribution is -1.94. The van der Waals surface area contributed by atoms with Gasteiger partial charge in [-0.3, -0.25) is 0 Å². The topological polar surface area (TPSA) is 18.5 Å². The smallest absolute Gasteiger partial charge is 0.127 e. The molecule has 19 heavy (non-hydrogen) atoms. The number of halogens is 1. The number of ether oxygens (including phenoxy) is 2. The van der Waals surface area contributed by atoms with Crippen LogP contribution in [0.15, 0.2) is 48.5 Å². The van der Waals surface area contributed by atoms with Crippen molar-refractivity contribution in [3.05, 3.63) is 59.7 Å². The highest BCUT2D eigenvalue weighted by molar-refractivity contribution is 6.17. The summed E-state index contributed by atoms with van der Waals surface area (Å²) in [5, 5.41) is 0. The molecule has 0 aliphatic heterocycles. The summed E-state index contributed by atoms with van der Waals surface area (Å²) in [5.41, 5.74) is 2.29. The molecule has 0 aliphatic rings. The Balaban J connectivity index is 2.02. The van der Waals surface area contributed by atoms with Crippen molar-refractivity contribution in [3.8, 4) is 11.5 Å². The van der Waals surface area contributed by atoms with Gasteiger partial charge in [-0.2, -0.15) is 0 Å². The van der Waals surface area contributed by atoms with E-state index in [1.54, 1.807) is 7.11 Å². The van der Waals surface area contributed by atoms with Crippen LogP contribution in [0.3, 0.4) is 0 Å². The van der Waals surface area contributed by atoms with Crippen molar-refractivity contribution >= 4 is 11.6 Å². The molecule has 0 saturated heterocycles. The number of alkyl halides is 1. The Morgan fingerprint density at radius 1 is 0.947 bits per heavy atom. The molecule has 0 aromatic heterocycles. The van der Waals surface area contributed by atoms with Gasteiger partial charge in [-0.25, -0.2) is 0 Å². The largest absolute Gasteiger partial charge is 0.457 e. The molecule has 2 rings (SSSR count). The lowest BCUT2D eigenvalue weighted by atomic mass is 10.1. The van der Waals surface area contributed by atoms with Crippen LogP contribution in [-0.2, 0) is 17.0 Å². The van der Waals surface area contributed by atoms with Crippen LogP contribution >= 0.6 is 11.6 Å². The zero-order valence-electron chi connectivity index (χ0n) is 10.9. The minimum Gasteiger partial charge on any atom is -0.457 e. The van der Waals surface area contributed by atoms with E-state index in [-0.39, 0.29) is 0 Å². The zero-order chi connectivity index (χ0) is 13.5. The zero-order valence-corrected chi connectivity index (χ0v) is 11.7. The number of methoxy groups -OCH3 is 1. The molecule has 100 valence electrons. The highest BCUT2D eigenvalue weighted by atomic mass is 35.5. The molecule has 3 heteroatoms. The minimum absolute atomic E-state index is 0.493. The predicted octanol–water partition coefficient (Wildman–Crippen LogP) is 4.41. The molecule has 0 unspecified atom stereocenters. The Bertz CT molecular complexity index is 508. The summed E-state index contributed by atoms with van der Waals surface area (Å²) >= 11 is 5.80. The Morgan fingerprint density at radius 3 is 2.42 bits per heavy atom. The fourth-order valence-corrected chi connectivity index (χ4v) is 1.94. The van der Waals surface area contributed by atoms with E-state index >= 15 is 0 Å². The van der Waals surface area contributed by atoms with Crippen LogP contribution in [0, 0.1) is 0 Å². The molecule has 0 amide bonds. The Hall–Kier alpha value is -1.51. The second kappa shape index (κ2) is 7.17. The van der Waals surface area contributed by atoms with Crippen molar-refractivity contribution in [2.75, 3.05) is 13.7 Å². The predicted molar refractivity (Wildman–Crippen MR) is 78.1 cm³/mol. The van der Waals surface area contributed by atoms with Crippen LogP contribution < -0.4 is 4.74 Å². The van der Waals surface area contributed by atoms with E-state index in [0.717, 1.165) is 30.1 Å². The van der Waals surface area contributed by atoms with Gasteiger partial charge in [-0.05, 0) is 41.8 Å². The summed E-state index contributed by atoms with van der Waals surface area (Å²) in [6.45, 7) is 0.734. The third-order valence-corrected chi connectivity index (χ3v) is 3.12. The molecule has 0 aliphatic carbocycles. The first kappa shape index (κ1) is 13.9. The van der Waals surface area contributed by atoms with E-state index in [1.165, 1.54) is 5.56 Å². The second-order valence-electron chi connectivity index (χ2n) is 4.27. The van der Waals surface area contributed by atoms with Crippen molar-refractivity contribution in [2.45, 2.75) is 12.3 Å². The van der Waals surface area contributed by atoms with Gasteiger partial charge in [-0.15, -0.1) is 11.6 Å². The molecule has 0 fully saturated rings. The lowest BCUT2D eigenvalue weighted by molar-refractivity contribution is 0.202.